The first-order valence-electron chi connectivity index (χ1n) is 6.85. The molecule has 2 N–H and O–H groups in total. The van der Waals surface area contributed by atoms with Gasteiger partial charge in [-0.2, -0.15) is 0 Å². The van der Waals surface area contributed by atoms with Gasteiger partial charge in [0.1, 0.15) is 6.10 Å². The number of hydrogen-bond donors (Lipinski definition) is 2. The molecule has 4 heteroatoms. The van der Waals surface area contributed by atoms with Gasteiger partial charge in [0, 0.05) is 19.1 Å². The monoisotopic (exact) mass is 241 g/mol. The molecule has 0 bridgehead atoms. The van der Waals surface area contributed by atoms with Crippen LogP contribution < -0.4 is 5.32 Å². The topological polar surface area (TPSA) is 58.6 Å². The lowest BCUT2D eigenvalue weighted by atomic mass is 9.86. The molecule has 0 aromatic heterocycles. The van der Waals surface area contributed by atoms with E-state index in [4.69, 9.17) is 4.74 Å². The minimum Gasteiger partial charge on any atom is -0.393 e. The molecule has 1 aliphatic carbocycles. The number of nitrogens with one attached hydrogen (secondary N) is 1. The number of carbonyl (C=O) groups excluding carboxylic acids is 1. The van der Waals surface area contributed by atoms with Crippen LogP contribution in [0.15, 0.2) is 0 Å². The summed E-state index contributed by atoms with van der Waals surface area (Å²) in [6.45, 7) is 1.30. The Hall–Kier alpha value is -0.610. The van der Waals surface area contributed by atoms with Crippen LogP contribution >= 0.6 is 0 Å². The molecule has 0 spiro atoms. The summed E-state index contributed by atoms with van der Waals surface area (Å²) in [6.07, 6.45) is 6.64. The molecular formula is C13H23NO3. The highest BCUT2D eigenvalue weighted by Gasteiger charge is 2.26. The van der Waals surface area contributed by atoms with Crippen molar-refractivity contribution >= 4 is 5.91 Å². The smallest absolute Gasteiger partial charge is 0.249 e. The molecule has 2 rings (SSSR count). The largest absolute Gasteiger partial charge is 0.393 e. The first-order chi connectivity index (χ1) is 8.27. The second-order valence-corrected chi connectivity index (χ2v) is 5.21. The van der Waals surface area contributed by atoms with Crippen LogP contribution in [-0.2, 0) is 9.53 Å². The van der Waals surface area contributed by atoms with Gasteiger partial charge in [-0.1, -0.05) is 12.8 Å². The predicted molar refractivity (Wildman–Crippen MR) is 64.6 cm³/mol. The zero-order valence-electron chi connectivity index (χ0n) is 10.4. The van der Waals surface area contributed by atoms with E-state index >= 15 is 0 Å². The average Bonchev–Trinajstić information content (AvgIpc) is 2.38. The van der Waals surface area contributed by atoms with Crippen molar-refractivity contribution in [1.29, 1.82) is 0 Å². The molecule has 1 aliphatic heterocycles. The molecule has 17 heavy (non-hydrogen) atoms. The van der Waals surface area contributed by atoms with Crippen molar-refractivity contribution in [2.75, 3.05) is 13.2 Å². The molecule has 0 aromatic carbocycles. The maximum absolute atomic E-state index is 11.8. The molecule has 3 atom stereocenters. The molecule has 3 unspecified atom stereocenters. The number of hydrogen-bond acceptors (Lipinski definition) is 3. The third-order valence-corrected chi connectivity index (χ3v) is 3.88. The Balaban J connectivity index is 1.71. The summed E-state index contributed by atoms with van der Waals surface area (Å²) < 4.78 is 5.43. The Bertz CT molecular complexity index is 251. The van der Waals surface area contributed by atoms with Gasteiger partial charge in [-0.3, -0.25) is 4.79 Å². The molecular weight excluding hydrogens is 218 g/mol. The SMILES string of the molecule is O=C(NCC1CCCCC1O)C1CCCCO1. The van der Waals surface area contributed by atoms with Gasteiger partial charge in [-0.25, -0.2) is 0 Å². The Morgan fingerprint density at radius 3 is 2.65 bits per heavy atom. The Kier molecular flexibility index (Phi) is 4.80. The van der Waals surface area contributed by atoms with E-state index in [0.29, 0.717) is 13.2 Å². The fourth-order valence-electron chi connectivity index (χ4n) is 2.72. The lowest BCUT2D eigenvalue weighted by molar-refractivity contribution is -0.135. The molecule has 1 amide bonds. The molecule has 1 saturated carbocycles. The molecule has 1 heterocycles. The van der Waals surface area contributed by atoms with Crippen LogP contribution in [-0.4, -0.2) is 36.4 Å². The number of aliphatic hydroxyl groups is 1. The van der Waals surface area contributed by atoms with Gasteiger partial charge in [0.05, 0.1) is 6.10 Å². The third kappa shape index (κ3) is 3.68. The number of ether oxygens (including phenoxy) is 1. The maximum atomic E-state index is 11.8. The van der Waals surface area contributed by atoms with Crippen molar-refractivity contribution in [3.63, 3.8) is 0 Å². The maximum Gasteiger partial charge on any atom is 0.249 e. The van der Waals surface area contributed by atoms with Crippen LogP contribution in [0.2, 0.25) is 0 Å². The zero-order valence-corrected chi connectivity index (χ0v) is 10.4. The van der Waals surface area contributed by atoms with Gasteiger partial charge in [-0.15, -0.1) is 0 Å². The minimum atomic E-state index is -0.260. The quantitative estimate of drug-likeness (QED) is 0.781. The number of rotatable bonds is 3. The lowest BCUT2D eigenvalue weighted by Crippen LogP contribution is -2.43. The molecule has 98 valence electrons. The van der Waals surface area contributed by atoms with Gasteiger partial charge in [0.25, 0.3) is 0 Å². The van der Waals surface area contributed by atoms with Crippen molar-refractivity contribution in [2.24, 2.45) is 5.92 Å². The summed E-state index contributed by atoms with van der Waals surface area (Å²) in [7, 11) is 0. The van der Waals surface area contributed by atoms with E-state index in [-0.39, 0.29) is 24.0 Å². The van der Waals surface area contributed by atoms with E-state index in [2.05, 4.69) is 5.32 Å². The van der Waals surface area contributed by atoms with Crippen molar-refractivity contribution in [2.45, 2.75) is 57.2 Å². The van der Waals surface area contributed by atoms with Crippen LogP contribution in [0.25, 0.3) is 0 Å². The summed E-state index contributed by atoms with van der Waals surface area (Å²) in [5.74, 6) is 0.235. The van der Waals surface area contributed by atoms with E-state index in [1.165, 1.54) is 0 Å². The van der Waals surface area contributed by atoms with Gasteiger partial charge < -0.3 is 15.2 Å². The van der Waals surface area contributed by atoms with Gasteiger partial charge in [0.2, 0.25) is 5.91 Å². The van der Waals surface area contributed by atoms with Crippen molar-refractivity contribution < 1.29 is 14.6 Å². The Labute approximate surface area is 103 Å². The highest BCUT2D eigenvalue weighted by atomic mass is 16.5. The summed E-state index contributed by atoms with van der Waals surface area (Å²) in [5, 5.41) is 12.7. The summed E-state index contributed by atoms with van der Waals surface area (Å²) in [6, 6.07) is 0. The van der Waals surface area contributed by atoms with Crippen LogP contribution in [0.5, 0.6) is 0 Å². The van der Waals surface area contributed by atoms with Crippen LogP contribution in [0, 0.1) is 5.92 Å². The second-order valence-electron chi connectivity index (χ2n) is 5.21. The molecule has 0 aromatic rings. The van der Waals surface area contributed by atoms with Crippen molar-refractivity contribution in [3.05, 3.63) is 0 Å². The van der Waals surface area contributed by atoms with Gasteiger partial charge in [0.15, 0.2) is 0 Å². The molecule has 1 saturated heterocycles. The Morgan fingerprint density at radius 2 is 1.94 bits per heavy atom. The number of carbonyl (C=O) groups is 1. The second kappa shape index (κ2) is 6.36. The Morgan fingerprint density at radius 1 is 1.18 bits per heavy atom. The molecule has 0 radical (unpaired) electrons. The first-order valence-corrected chi connectivity index (χ1v) is 6.85. The van der Waals surface area contributed by atoms with Crippen LogP contribution in [0.4, 0.5) is 0 Å². The lowest BCUT2D eigenvalue weighted by Gasteiger charge is -2.29. The summed E-state index contributed by atoms with van der Waals surface area (Å²) >= 11 is 0. The fourth-order valence-corrected chi connectivity index (χ4v) is 2.72. The highest BCUT2D eigenvalue weighted by Crippen LogP contribution is 2.23. The van der Waals surface area contributed by atoms with Crippen molar-refractivity contribution in [1.82, 2.24) is 5.32 Å². The summed E-state index contributed by atoms with van der Waals surface area (Å²) in [4.78, 5) is 11.8. The predicted octanol–water partition coefficient (Wildman–Crippen LogP) is 1.22. The van der Waals surface area contributed by atoms with E-state index in [9.17, 15) is 9.90 Å². The van der Waals surface area contributed by atoms with Crippen LogP contribution in [0.1, 0.15) is 44.9 Å². The first kappa shape index (κ1) is 12.8. The van der Waals surface area contributed by atoms with E-state index in [1.807, 2.05) is 0 Å². The van der Waals surface area contributed by atoms with E-state index in [1.54, 1.807) is 0 Å². The van der Waals surface area contributed by atoms with Crippen LogP contribution in [0.3, 0.4) is 0 Å². The third-order valence-electron chi connectivity index (χ3n) is 3.88. The van der Waals surface area contributed by atoms with E-state index in [0.717, 1.165) is 44.9 Å². The molecule has 2 fully saturated rings. The van der Waals surface area contributed by atoms with Crippen molar-refractivity contribution in [3.8, 4) is 0 Å². The molecule has 2 aliphatic rings. The standard InChI is InChI=1S/C13H23NO3/c15-11-6-2-1-5-10(11)9-14-13(16)12-7-3-4-8-17-12/h10-12,15H,1-9H2,(H,14,16). The van der Waals surface area contributed by atoms with Gasteiger partial charge in [-0.05, 0) is 32.1 Å². The average molecular weight is 241 g/mol. The minimum absolute atomic E-state index is 0.00229. The fraction of sp³-hybridized carbons (Fsp3) is 0.923. The van der Waals surface area contributed by atoms with E-state index < -0.39 is 0 Å². The number of aliphatic hydroxyl groups excluding tert-OH is 1. The number of amides is 1. The van der Waals surface area contributed by atoms with Gasteiger partial charge >= 0.3 is 0 Å². The molecule has 4 nitrogen and oxygen atoms in total. The highest BCUT2D eigenvalue weighted by molar-refractivity contribution is 5.80. The summed E-state index contributed by atoms with van der Waals surface area (Å²) in [5.41, 5.74) is 0. The zero-order chi connectivity index (χ0) is 12.1. The normalized spacial score (nSPS) is 34.3.